The van der Waals surface area contributed by atoms with Crippen LogP contribution in [0, 0.1) is 0 Å². The van der Waals surface area contributed by atoms with E-state index in [2.05, 4.69) is 4.98 Å². The third-order valence-electron chi connectivity index (χ3n) is 2.34. The van der Waals surface area contributed by atoms with E-state index in [9.17, 15) is 4.79 Å². The van der Waals surface area contributed by atoms with Gasteiger partial charge in [-0.2, -0.15) is 0 Å². The predicted octanol–water partition coefficient (Wildman–Crippen LogP) is -0.00760. The Labute approximate surface area is 98.7 Å². The largest absolute Gasteiger partial charge is 0.508 e. The van der Waals surface area contributed by atoms with Crippen LogP contribution in [0.2, 0.25) is 0 Å². The van der Waals surface area contributed by atoms with Gasteiger partial charge in [0.2, 0.25) is 0 Å². The van der Waals surface area contributed by atoms with Crippen molar-refractivity contribution >= 4 is 18.5 Å². The van der Waals surface area contributed by atoms with Crippen LogP contribution >= 0.6 is 0 Å². The fourth-order valence-electron chi connectivity index (χ4n) is 1.49. The van der Waals surface area contributed by atoms with Gasteiger partial charge < -0.3 is 10.0 Å². The molecule has 2 rings (SSSR count). The summed E-state index contributed by atoms with van der Waals surface area (Å²) in [7, 11) is -1.67. The summed E-state index contributed by atoms with van der Waals surface area (Å²) in [5.41, 5.74) is 0.998. The number of benzene rings is 1. The van der Waals surface area contributed by atoms with Gasteiger partial charge >= 0.3 is 7.12 Å². The molecule has 0 fully saturated rings. The van der Waals surface area contributed by atoms with E-state index in [1.54, 1.807) is 30.3 Å². The van der Waals surface area contributed by atoms with Crippen molar-refractivity contribution in [3.63, 3.8) is 0 Å². The Kier molecular flexibility index (Phi) is 3.32. The molecule has 0 amide bonds. The highest BCUT2D eigenvalue weighted by molar-refractivity contribution is 6.57. The van der Waals surface area contributed by atoms with Crippen molar-refractivity contribution in [3.8, 4) is 0 Å². The lowest BCUT2D eigenvalue weighted by atomic mass is 9.84. The Balaban J connectivity index is 2.35. The Morgan fingerprint density at radius 2 is 1.76 bits per heavy atom. The minimum absolute atomic E-state index is 0.0618. The number of hydrogen-bond donors (Lipinski definition) is 2. The maximum Gasteiger partial charge on any atom is 0.508 e. The molecule has 4 nitrogen and oxygen atoms in total. The number of hydrogen-bond acceptors (Lipinski definition) is 4. The van der Waals surface area contributed by atoms with Crippen molar-refractivity contribution in [2.75, 3.05) is 0 Å². The minimum atomic E-state index is -1.67. The van der Waals surface area contributed by atoms with Gasteiger partial charge in [0.25, 0.3) is 0 Å². The lowest BCUT2D eigenvalue weighted by Crippen LogP contribution is -2.33. The number of carbonyl (C=O) groups excluding carboxylic acids is 1. The van der Waals surface area contributed by atoms with E-state index in [0.29, 0.717) is 11.1 Å². The zero-order valence-corrected chi connectivity index (χ0v) is 8.95. The topological polar surface area (TPSA) is 70.4 Å². The van der Waals surface area contributed by atoms with E-state index in [4.69, 9.17) is 10.0 Å². The molecule has 17 heavy (non-hydrogen) atoms. The molecule has 84 valence electrons. The van der Waals surface area contributed by atoms with E-state index in [1.165, 1.54) is 12.3 Å². The summed E-state index contributed by atoms with van der Waals surface area (Å²) < 4.78 is 0. The zero-order valence-electron chi connectivity index (χ0n) is 8.95. The average molecular weight is 227 g/mol. The molecular formula is C12H10BNO3. The molecule has 2 aromatic rings. The van der Waals surface area contributed by atoms with Crippen molar-refractivity contribution < 1.29 is 14.8 Å². The second-order valence-corrected chi connectivity index (χ2v) is 3.54. The number of nitrogens with zero attached hydrogens (tertiary/aromatic N) is 1. The van der Waals surface area contributed by atoms with Gasteiger partial charge in [0, 0.05) is 17.3 Å². The molecule has 2 N–H and O–H groups in total. The highest BCUT2D eigenvalue weighted by atomic mass is 16.4. The Morgan fingerprint density at radius 1 is 1.06 bits per heavy atom. The van der Waals surface area contributed by atoms with Crippen molar-refractivity contribution in [2.24, 2.45) is 0 Å². The first-order valence-electron chi connectivity index (χ1n) is 5.10. The molecule has 1 aromatic carbocycles. The van der Waals surface area contributed by atoms with E-state index in [0.717, 1.165) is 0 Å². The SMILES string of the molecule is O=C(c1ccccc1)c1ccnc(B(O)O)c1. The first kappa shape index (κ1) is 11.5. The molecule has 5 heteroatoms. The van der Waals surface area contributed by atoms with Crippen LogP contribution in [0.1, 0.15) is 15.9 Å². The quantitative estimate of drug-likeness (QED) is 0.571. The first-order valence-corrected chi connectivity index (χ1v) is 5.10. The van der Waals surface area contributed by atoms with Crippen LogP contribution < -0.4 is 5.59 Å². The van der Waals surface area contributed by atoms with Gasteiger partial charge in [-0.3, -0.25) is 9.78 Å². The van der Waals surface area contributed by atoms with Gasteiger partial charge in [0.1, 0.15) is 0 Å². The maximum absolute atomic E-state index is 12.0. The maximum atomic E-state index is 12.0. The van der Waals surface area contributed by atoms with Crippen LogP contribution in [0.4, 0.5) is 0 Å². The summed E-state index contributed by atoms with van der Waals surface area (Å²) >= 11 is 0. The van der Waals surface area contributed by atoms with Crippen molar-refractivity contribution in [2.45, 2.75) is 0 Å². The van der Waals surface area contributed by atoms with Crippen LogP contribution in [0.3, 0.4) is 0 Å². The van der Waals surface area contributed by atoms with Crippen LogP contribution in [-0.4, -0.2) is 27.9 Å². The van der Waals surface area contributed by atoms with Gasteiger partial charge in [-0.15, -0.1) is 0 Å². The highest BCUT2D eigenvalue weighted by Crippen LogP contribution is 2.07. The lowest BCUT2D eigenvalue weighted by Gasteiger charge is -2.03. The molecule has 1 heterocycles. The van der Waals surface area contributed by atoms with Gasteiger partial charge in [0.15, 0.2) is 5.78 Å². The molecule has 0 saturated heterocycles. The summed E-state index contributed by atoms with van der Waals surface area (Å²) in [5.74, 6) is -0.171. The summed E-state index contributed by atoms with van der Waals surface area (Å²) in [6.45, 7) is 0. The summed E-state index contributed by atoms with van der Waals surface area (Å²) in [6.07, 6.45) is 1.38. The number of aromatic nitrogens is 1. The van der Waals surface area contributed by atoms with E-state index in [1.807, 2.05) is 6.07 Å². The van der Waals surface area contributed by atoms with Gasteiger partial charge in [-0.1, -0.05) is 30.3 Å². The third-order valence-corrected chi connectivity index (χ3v) is 2.34. The molecule has 1 aromatic heterocycles. The smallest absolute Gasteiger partial charge is 0.422 e. The number of pyridine rings is 1. The number of rotatable bonds is 3. The highest BCUT2D eigenvalue weighted by Gasteiger charge is 2.15. The number of ketones is 1. The monoisotopic (exact) mass is 227 g/mol. The van der Waals surface area contributed by atoms with Crippen LogP contribution in [0.5, 0.6) is 0 Å². The molecule has 0 bridgehead atoms. The van der Waals surface area contributed by atoms with Crippen molar-refractivity contribution in [1.29, 1.82) is 0 Å². The molecule has 0 saturated carbocycles. The average Bonchev–Trinajstić information content (AvgIpc) is 2.39. The summed E-state index contributed by atoms with van der Waals surface area (Å²) in [4.78, 5) is 15.8. The third kappa shape index (κ3) is 2.58. The Hall–Kier alpha value is -1.98. The zero-order chi connectivity index (χ0) is 12.3. The van der Waals surface area contributed by atoms with E-state index < -0.39 is 7.12 Å². The standard InChI is InChI=1S/C12H10BNO3/c15-12(9-4-2-1-3-5-9)10-6-7-14-11(8-10)13(16)17/h1-8,16-17H. The van der Waals surface area contributed by atoms with Gasteiger partial charge in [-0.25, -0.2) is 0 Å². The molecule has 0 aliphatic rings. The van der Waals surface area contributed by atoms with Crippen molar-refractivity contribution in [3.05, 3.63) is 59.8 Å². The molecule has 0 aliphatic heterocycles. The fraction of sp³-hybridized carbons (Fsp3) is 0. The molecule has 0 unspecified atom stereocenters. The van der Waals surface area contributed by atoms with Crippen LogP contribution in [0.15, 0.2) is 48.7 Å². The molecule has 0 atom stereocenters. The van der Waals surface area contributed by atoms with E-state index in [-0.39, 0.29) is 11.4 Å². The Bertz CT molecular complexity index is 528. The second-order valence-electron chi connectivity index (χ2n) is 3.54. The minimum Gasteiger partial charge on any atom is -0.422 e. The Morgan fingerprint density at radius 3 is 2.41 bits per heavy atom. The van der Waals surface area contributed by atoms with Gasteiger partial charge in [-0.05, 0) is 12.1 Å². The predicted molar refractivity (Wildman–Crippen MR) is 63.9 cm³/mol. The molecule has 0 aliphatic carbocycles. The van der Waals surface area contributed by atoms with Crippen LogP contribution in [-0.2, 0) is 0 Å². The summed E-state index contributed by atoms with van der Waals surface area (Å²) in [6, 6.07) is 11.7. The number of carbonyl (C=O) groups is 1. The molecule has 0 spiro atoms. The van der Waals surface area contributed by atoms with Crippen molar-refractivity contribution in [1.82, 2.24) is 4.98 Å². The fourth-order valence-corrected chi connectivity index (χ4v) is 1.49. The van der Waals surface area contributed by atoms with Crippen LogP contribution in [0.25, 0.3) is 0 Å². The normalized spacial score (nSPS) is 10.0. The molecule has 0 radical (unpaired) electrons. The summed E-state index contributed by atoms with van der Waals surface area (Å²) in [5, 5.41) is 18.0. The molecular weight excluding hydrogens is 217 g/mol. The first-order chi connectivity index (χ1) is 8.18. The second kappa shape index (κ2) is 4.90. The van der Waals surface area contributed by atoms with E-state index >= 15 is 0 Å². The van der Waals surface area contributed by atoms with Gasteiger partial charge in [0.05, 0.1) is 5.59 Å². The lowest BCUT2D eigenvalue weighted by molar-refractivity contribution is 0.103.